The summed E-state index contributed by atoms with van der Waals surface area (Å²) in [5, 5.41) is 0. The summed E-state index contributed by atoms with van der Waals surface area (Å²) in [5.74, 6) is 1.66. The highest BCUT2D eigenvalue weighted by Crippen LogP contribution is 2.33. The predicted octanol–water partition coefficient (Wildman–Crippen LogP) is 3.35. The van der Waals surface area contributed by atoms with Crippen LogP contribution < -0.4 is 0 Å². The molecule has 24 heavy (non-hydrogen) atoms. The molecule has 0 spiro atoms. The zero-order valence-electron chi connectivity index (χ0n) is 15.2. The molecule has 0 bridgehead atoms. The van der Waals surface area contributed by atoms with Crippen LogP contribution in [0.25, 0.3) is 0 Å². The molecule has 6 nitrogen and oxygen atoms in total. The number of hydrogen-bond acceptors (Lipinski definition) is 5. The Kier molecular flexibility index (Phi) is 4.85. The molecule has 2 heterocycles. The monoisotopic (exact) mass is 335 g/mol. The maximum atomic E-state index is 12.2. The van der Waals surface area contributed by atoms with E-state index < -0.39 is 5.60 Å². The first-order chi connectivity index (χ1) is 11.3. The van der Waals surface area contributed by atoms with Crippen molar-refractivity contribution in [3.05, 3.63) is 17.8 Å². The second kappa shape index (κ2) is 6.75. The normalized spacial score (nSPS) is 19.8. The molecule has 3 rings (SSSR count). The molecule has 2 fully saturated rings. The van der Waals surface area contributed by atoms with Crippen molar-refractivity contribution >= 4 is 6.09 Å². The predicted molar refractivity (Wildman–Crippen MR) is 90.6 cm³/mol. The fraction of sp³-hybridized carbons (Fsp3) is 0.778. The van der Waals surface area contributed by atoms with E-state index in [1.54, 1.807) is 6.20 Å². The van der Waals surface area contributed by atoms with E-state index in [9.17, 15) is 4.79 Å². The fourth-order valence-electron chi connectivity index (χ4n) is 3.30. The van der Waals surface area contributed by atoms with Gasteiger partial charge in [-0.2, -0.15) is 0 Å². The van der Waals surface area contributed by atoms with Crippen LogP contribution in [0.3, 0.4) is 0 Å². The molecular weight excluding hydrogens is 306 g/mol. The summed E-state index contributed by atoms with van der Waals surface area (Å²) < 4.78 is 11.1. The number of likely N-dealkylation sites (tertiary alicyclic amines) is 1. The summed E-state index contributed by atoms with van der Waals surface area (Å²) in [7, 11) is 0. The zero-order valence-corrected chi connectivity index (χ0v) is 15.2. The number of oxazole rings is 1. The molecule has 1 saturated heterocycles. The first-order valence-corrected chi connectivity index (χ1v) is 8.97. The Morgan fingerprint density at radius 1 is 1.29 bits per heavy atom. The Morgan fingerprint density at radius 3 is 2.42 bits per heavy atom. The van der Waals surface area contributed by atoms with Crippen LogP contribution in [0.15, 0.2) is 10.6 Å². The average Bonchev–Trinajstić information content (AvgIpc) is 3.26. The van der Waals surface area contributed by atoms with Gasteiger partial charge in [-0.3, -0.25) is 4.90 Å². The number of carbonyl (C=O) groups excluding carboxylic acids is 1. The number of ether oxygens (including phenoxy) is 1. The van der Waals surface area contributed by atoms with Gasteiger partial charge in [0.15, 0.2) is 0 Å². The van der Waals surface area contributed by atoms with Crippen LogP contribution >= 0.6 is 0 Å². The van der Waals surface area contributed by atoms with Gasteiger partial charge in [-0.05, 0) is 53.4 Å². The molecule has 1 saturated carbocycles. The van der Waals surface area contributed by atoms with Crippen molar-refractivity contribution in [1.29, 1.82) is 0 Å². The van der Waals surface area contributed by atoms with Crippen LogP contribution in [0.2, 0.25) is 0 Å². The van der Waals surface area contributed by atoms with Gasteiger partial charge in [0.25, 0.3) is 0 Å². The number of amides is 1. The van der Waals surface area contributed by atoms with E-state index in [0.29, 0.717) is 12.1 Å². The summed E-state index contributed by atoms with van der Waals surface area (Å²) >= 11 is 0. The second-order valence-corrected chi connectivity index (χ2v) is 7.97. The van der Waals surface area contributed by atoms with Gasteiger partial charge in [0.2, 0.25) is 5.89 Å². The smallest absolute Gasteiger partial charge is 0.410 e. The number of nitrogens with zero attached hydrogens (tertiary/aromatic N) is 3. The molecule has 0 radical (unpaired) electrons. The molecule has 2 aliphatic rings. The maximum absolute atomic E-state index is 12.2. The number of aryl methyl sites for hydroxylation is 1. The summed E-state index contributed by atoms with van der Waals surface area (Å²) in [5.41, 5.74) is -0.434. The van der Waals surface area contributed by atoms with Crippen molar-refractivity contribution in [2.24, 2.45) is 0 Å². The minimum atomic E-state index is -0.434. The molecule has 1 aromatic heterocycles. The Morgan fingerprint density at radius 2 is 1.92 bits per heavy atom. The van der Waals surface area contributed by atoms with E-state index in [0.717, 1.165) is 44.1 Å². The van der Waals surface area contributed by atoms with Crippen molar-refractivity contribution in [1.82, 2.24) is 14.8 Å². The number of piperidine rings is 1. The van der Waals surface area contributed by atoms with Crippen molar-refractivity contribution in [2.45, 2.75) is 77.6 Å². The lowest BCUT2D eigenvalue weighted by Gasteiger charge is -2.38. The van der Waals surface area contributed by atoms with Crippen LogP contribution in [-0.2, 0) is 11.3 Å². The molecule has 0 aromatic carbocycles. The summed E-state index contributed by atoms with van der Waals surface area (Å²) in [6.07, 6.45) is 6.07. The molecule has 1 aliphatic heterocycles. The number of aromatic nitrogens is 1. The third-order valence-corrected chi connectivity index (χ3v) is 4.59. The van der Waals surface area contributed by atoms with Crippen LogP contribution in [0, 0.1) is 6.92 Å². The number of rotatable bonds is 4. The van der Waals surface area contributed by atoms with Gasteiger partial charge >= 0.3 is 6.09 Å². The molecule has 134 valence electrons. The van der Waals surface area contributed by atoms with E-state index in [1.807, 2.05) is 32.6 Å². The minimum absolute atomic E-state index is 0.192. The highest BCUT2D eigenvalue weighted by molar-refractivity contribution is 5.68. The first-order valence-electron chi connectivity index (χ1n) is 8.97. The molecular formula is C18H29N3O3. The van der Waals surface area contributed by atoms with Crippen molar-refractivity contribution < 1.29 is 13.9 Å². The van der Waals surface area contributed by atoms with E-state index in [1.165, 1.54) is 12.8 Å². The topological polar surface area (TPSA) is 58.8 Å². The Hall–Kier alpha value is -1.56. The molecule has 0 N–H and O–H groups in total. The highest BCUT2D eigenvalue weighted by atomic mass is 16.6. The Balaban J connectivity index is 1.55. The van der Waals surface area contributed by atoms with Crippen molar-refractivity contribution in [3.63, 3.8) is 0 Å². The fourth-order valence-corrected chi connectivity index (χ4v) is 3.30. The maximum Gasteiger partial charge on any atom is 0.410 e. The molecule has 1 aromatic rings. The zero-order chi connectivity index (χ0) is 17.3. The van der Waals surface area contributed by atoms with Crippen molar-refractivity contribution in [3.8, 4) is 0 Å². The lowest BCUT2D eigenvalue weighted by molar-refractivity contribution is 0.0124. The van der Waals surface area contributed by atoms with Crippen LogP contribution in [0.4, 0.5) is 4.79 Å². The quantitative estimate of drug-likeness (QED) is 0.844. The van der Waals surface area contributed by atoms with E-state index in [2.05, 4.69) is 9.88 Å². The lowest BCUT2D eigenvalue weighted by Crippen LogP contribution is -2.48. The minimum Gasteiger partial charge on any atom is -0.445 e. The van der Waals surface area contributed by atoms with Gasteiger partial charge in [-0.25, -0.2) is 9.78 Å². The molecule has 6 heteroatoms. The van der Waals surface area contributed by atoms with Gasteiger partial charge in [0.1, 0.15) is 11.4 Å². The molecule has 0 unspecified atom stereocenters. The van der Waals surface area contributed by atoms with Gasteiger partial charge in [0, 0.05) is 25.2 Å². The second-order valence-electron chi connectivity index (χ2n) is 7.97. The Labute approximate surface area is 144 Å². The molecule has 0 atom stereocenters. The lowest BCUT2D eigenvalue weighted by atomic mass is 10.0. The van der Waals surface area contributed by atoms with Crippen LogP contribution in [0.5, 0.6) is 0 Å². The van der Waals surface area contributed by atoms with Gasteiger partial charge < -0.3 is 14.1 Å². The van der Waals surface area contributed by atoms with Gasteiger partial charge in [0.05, 0.1) is 12.7 Å². The standard InChI is InChI=1S/C18H29N3O3/c1-13-11-19-16(23-13)12-21(14-5-6-14)15-7-9-20(10-8-15)17(22)24-18(2,3)4/h11,14-15H,5-10,12H2,1-4H3. The van der Waals surface area contributed by atoms with Crippen LogP contribution in [0.1, 0.15) is 58.1 Å². The largest absolute Gasteiger partial charge is 0.445 e. The summed E-state index contributed by atoms with van der Waals surface area (Å²) in [4.78, 5) is 20.9. The average molecular weight is 335 g/mol. The van der Waals surface area contributed by atoms with Crippen LogP contribution in [-0.4, -0.2) is 51.7 Å². The third-order valence-electron chi connectivity index (χ3n) is 4.59. The first kappa shape index (κ1) is 17.3. The van der Waals surface area contributed by atoms with Crippen molar-refractivity contribution in [2.75, 3.05) is 13.1 Å². The SMILES string of the molecule is Cc1cnc(CN(C2CC2)C2CCN(C(=O)OC(C)(C)C)CC2)o1. The number of carbonyl (C=O) groups is 1. The summed E-state index contributed by atoms with van der Waals surface area (Å²) in [6.45, 7) is 9.94. The molecule has 1 aliphatic carbocycles. The van der Waals surface area contributed by atoms with E-state index in [-0.39, 0.29) is 6.09 Å². The number of hydrogen-bond donors (Lipinski definition) is 0. The van der Waals surface area contributed by atoms with E-state index in [4.69, 9.17) is 9.15 Å². The van der Waals surface area contributed by atoms with E-state index >= 15 is 0 Å². The summed E-state index contributed by atoms with van der Waals surface area (Å²) in [6, 6.07) is 1.14. The van der Waals surface area contributed by atoms with Gasteiger partial charge in [-0.15, -0.1) is 0 Å². The molecule has 1 amide bonds. The Bertz CT molecular complexity index is 566. The van der Waals surface area contributed by atoms with Gasteiger partial charge in [-0.1, -0.05) is 0 Å². The highest BCUT2D eigenvalue weighted by Gasteiger charge is 2.37. The third kappa shape index (κ3) is 4.50.